The van der Waals surface area contributed by atoms with E-state index in [0.717, 1.165) is 9.88 Å². The van der Waals surface area contributed by atoms with Crippen molar-refractivity contribution in [2.45, 2.75) is 22.7 Å². The Kier molecular flexibility index (Phi) is 4.57. The quantitative estimate of drug-likeness (QED) is 0.686. The van der Waals surface area contributed by atoms with E-state index >= 15 is 0 Å². The number of carbonyl (C=O) groups excluding carboxylic acids is 1. The number of fused-ring (bicyclic) bond motifs is 1. The Morgan fingerprint density at radius 1 is 1.04 bits per heavy atom. The molecule has 4 nitrogen and oxygen atoms in total. The van der Waals surface area contributed by atoms with Crippen LogP contribution in [0.1, 0.15) is 16.8 Å². The summed E-state index contributed by atoms with van der Waals surface area (Å²) in [4.78, 5) is 13.0. The van der Waals surface area contributed by atoms with Gasteiger partial charge in [-0.05, 0) is 0 Å². The van der Waals surface area contributed by atoms with Gasteiger partial charge in [0.1, 0.15) is 0 Å². The van der Waals surface area contributed by atoms with Crippen LogP contribution in [0.2, 0.25) is 5.32 Å². The minimum atomic E-state index is -3.81. The summed E-state index contributed by atoms with van der Waals surface area (Å²) in [6.07, 6.45) is 6.55. The van der Waals surface area contributed by atoms with E-state index in [1.807, 2.05) is 48.6 Å². The van der Waals surface area contributed by atoms with E-state index < -0.39 is 22.0 Å². The Hall–Kier alpha value is -2.14. The molecule has 0 saturated carbocycles. The first-order valence-electron chi connectivity index (χ1n) is 8.30. The van der Waals surface area contributed by atoms with Gasteiger partial charge in [-0.2, -0.15) is 0 Å². The fourth-order valence-corrected chi connectivity index (χ4v) is 7.44. The van der Waals surface area contributed by atoms with Gasteiger partial charge in [0, 0.05) is 0 Å². The zero-order valence-corrected chi connectivity index (χ0v) is 16.4. The first kappa shape index (κ1) is 17.3. The molecule has 6 heteroatoms. The van der Waals surface area contributed by atoms with E-state index in [1.54, 1.807) is 18.2 Å². The molecule has 0 N–H and O–H groups in total. The Morgan fingerprint density at radius 3 is 2.46 bits per heavy atom. The number of rotatable bonds is 5. The van der Waals surface area contributed by atoms with E-state index in [-0.39, 0.29) is 25.4 Å². The average molecular weight is 430 g/mol. The van der Waals surface area contributed by atoms with Crippen molar-refractivity contribution in [3.63, 3.8) is 0 Å². The molecule has 1 aliphatic carbocycles. The van der Waals surface area contributed by atoms with Crippen LogP contribution in [-0.4, -0.2) is 39.6 Å². The molecule has 0 bridgehead atoms. The fraction of sp³-hybridized carbons (Fsp3) is 0.150. The number of nitrogens with zero attached hydrogens (tertiary/aromatic N) is 1. The Morgan fingerprint density at radius 2 is 1.77 bits per heavy atom. The van der Waals surface area contributed by atoms with Gasteiger partial charge in [0.15, 0.2) is 0 Å². The number of carbonyl (C=O) groups is 1. The summed E-state index contributed by atoms with van der Waals surface area (Å²) in [6, 6.07) is 16.1. The molecule has 4 rings (SSSR count). The molecule has 0 radical (unpaired) electrons. The molecular weight excluding hydrogens is 413 g/mol. The van der Waals surface area contributed by atoms with Gasteiger partial charge in [-0.15, -0.1) is 0 Å². The van der Waals surface area contributed by atoms with Gasteiger partial charge in [-0.25, -0.2) is 0 Å². The van der Waals surface area contributed by atoms with Crippen molar-refractivity contribution in [2.24, 2.45) is 0 Å². The molecule has 2 aromatic rings. The van der Waals surface area contributed by atoms with Crippen LogP contribution in [-0.2, 0) is 10.0 Å². The summed E-state index contributed by atoms with van der Waals surface area (Å²) in [5.41, 5.74) is 1.25. The van der Waals surface area contributed by atoms with Crippen molar-refractivity contribution >= 4 is 35.3 Å². The van der Waals surface area contributed by atoms with E-state index in [1.165, 1.54) is 10.5 Å². The Labute approximate surface area is 159 Å². The van der Waals surface area contributed by atoms with Crippen LogP contribution in [0.3, 0.4) is 0 Å². The van der Waals surface area contributed by atoms with Crippen molar-refractivity contribution in [3.05, 3.63) is 84.0 Å². The molecule has 1 amide bonds. The van der Waals surface area contributed by atoms with Gasteiger partial charge in [0.25, 0.3) is 0 Å². The second-order valence-electron chi connectivity index (χ2n) is 6.12. The number of benzene rings is 2. The summed E-state index contributed by atoms with van der Waals surface area (Å²) in [5, 5.41) is 0.628. The predicted molar refractivity (Wildman–Crippen MR) is 102 cm³/mol. The summed E-state index contributed by atoms with van der Waals surface area (Å²) in [6.45, 7) is 0. The van der Waals surface area contributed by atoms with Crippen molar-refractivity contribution < 1.29 is 13.2 Å². The van der Waals surface area contributed by atoms with Crippen LogP contribution in [0.4, 0.5) is 0 Å². The van der Waals surface area contributed by atoms with E-state index in [0.29, 0.717) is 11.7 Å². The standard InChI is InChI=1S/C20H17NO3SSe/c22-20-17-12-6-7-13-19(17)25(23,24)21(20)18(15-8-4-5-9-15)14-26-16-10-2-1-3-11-16/h1-8,10-13,18H,9,14H2. The molecule has 0 aromatic heterocycles. The average Bonchev–Trinajstić information content (AvgIpc) is 3.25. The Balaban J connectivity index is 1.69. The van der Waals surface area contributed by atoms with Gasteiger partial charge in [-0.3, -0.25) is 0 Å². The summed E-state index contributed by atoms with van der Waals surface area (Å²) < 4.78 is 28.4. The topological polar surface area (TPSA) is 54.5 Å². The van der Waals surface area contributed by atoms with Crippen molar-refractivity contribution in [1.82, 2.24) is 4.31 Å². The number of hydrogen-bond acceptors (Lipinski definition) is 3. The van der Waals surface area contributed by atoms with Crippen molar-refractivity contribution in [2.75, 3.05) is 0 Å². The van der Waals surface area contributed by atoms with Crippen LogP contribution in [0.25, 0.3) is 0 Å². The van der Waals surface area contributed by atoms with Gasteiger partial charge in [-0.1, -0.05) is 0 Å². The Bertz CT molecular complexity index is 1010. The third kappa shape index (κ3) is 2.94. The zero-order valence-electron chi connectivity index (χ0n) is 13.9. The molecule has 132 valence electrons. The summed E-state index contributed by atoms with van der Waals surface area (Å²) >= 11 is 0.0694. The fourth-order valence-electron chi connectivity index (χ4n) is 3.24. The van der Waals surface area contributed by atoms with Crippen LogP contribution in [0.15, 0.2) is 83.3 Å². The molecule has 2 aromatic carbocycles. The molecule has 1 aliphatic heterocycles. The third-order valence-electron chi connectivity index (χ3n) is 4.52. The molecular formula is C20H17NO3SSe. The van der Waals surface area contributed by atoms with E-state index in [9.17, 15) is 13.2 Å². The second-order valence-corrected chi connectivity index (χ2v) is 10.2. The summed E-state index contributed by atoms with van der Waals surface area (Å²) in [7, 11) is -3.81. The predicted octanol–water partition coefficient (Wildman–Crippen LogP) is 2.53. The van der Waals surface area contributed by atoms with Gasteiger partial charge in [0.05, 0.1) is 0 Å². The zero-order chi connectivity index (χ0) is 18.1. The first-order chi connectivity index (χ1) is 12.6. The molecule has 0 saturated heterocycles. The molecule has 1 heterocycles. The molecule has 26 heavy (non-hydrogen) atoms. The van der Waals surface area contributed by atoms with Crippen LogP contribution in [0.5, 0.6) is 0 Å². The monoisotopic (exact) mass is 431 g/mol. The first-order valence-corrected chi connectivity index (χ1v) is 11.8. The van der Waals surface area contributed by atoms with E-state index in [4.69, 9.17) is 0 Å². The number of amides is 1. The molecule has 0 spiro atoms. The summed E-state index contributed by atoms with van der Waals surface area (Å²) in [5.74, 6) is -0.415. The molecule has 2 aliphatic rings. The molecule has 1 unspecified atom stereocenters. The SMILES string of the molecule is O=C1c2ccccc2S(=O)(=O)N1C(C[Se]c1ccccc1)C1=CC=CC1. The van der Waals surface area contributed by atoms with Crippen LogP contribution < -0.4 is 4.46 Å². The van der Waals surface area contributed by atoms with Gasteiger partial charge < -0.3 is 0 Å². The number of sulfonamides is 1. The normalized spacial score (nSPS) is 18.7. The van der Waals surface area contributed by atoms with Gasteiger partial charge in [0.2, 0.25) is 0 Å². The maximum atomic E-state index is 13.1. The van der Waals surface area contributed by atoms with Crippen molar-refractivity contribution in [1.29, 1.82) is 0 Å². The van der Waals surface area contributed by atoms with Crippen LogP contribution >= 0.6 is 0 Å². The van der Waals surface area contributed by atoms with E-state index in [2.05, 4.69) is 0 Å². The minimum absolute atomic E-state index is 0.0694. The van der Waals surface area contributed by atoms with Crippen LogP contribution in [0, 0.1) is 0 Å². The second kappa shape index (κ2) is 6.88. The third-order valence-corrected chi connectivity index (χ3v) is 8.65. The number of hydrogen-bond donors (Lipinski definition) is 0. The van der Waals surface area contributed by atoms with Crippen molar-refractivity contribution in [3.8, 4) is 0 Å². The van der Waals surface area contributed by atoms with Gasteiger partial charge >= 0.3 is 160 Å². The molecule has 0 fully saturated rings. The maximum absolute atomic E-state index is 13.1. The molecule has 1 atom stereocenters. The number of allylic oxidation sites excluding steroid dienone is 3.